The summed E-state index contributed by atoms with van der Waals surface area (Å²) < 4.78 is 30.7. The third-order valence-electron chi connectivity index (χ3n) is 2.70. The maximum absolute atomic E-state index is 11.8. The molecule has 0 spiro atoms. The fourth-order valence-electron chi connectivity index (χ4n) is 1.57. The Morgan fingerprint density at radius 2 is 1.86 bits per heavy atom. The van der Waals surface area contributed by atoms with Gasteiger partial charge in [0, 0.05) is 20.2 Å². The van der Waals surface area contributed by atoms with Crippen LogP contribution in [0.1, 0.15) is 11.1 Å². The number of carbonyl (C=O) groups is 1. The molecule has 0 radical (unpaired) electrons. The number of nitrogens with two attached hydrogens (primary N) is 1. The minimum atomic E-state index is -3.55. The van der Waals surface area contributed by atoms with Gasteiger partial charge in [0.15, 0.2) is 0 Å². The van der Waals surface area contributed by atoms with Gasteiger partial charge in [-0.05, 0) is 11.1 Å². The normalized spacial score (nSPS) is 11.3. The summed E-state index contributed by atoms with van der Waals surface area (Å²) in [6.07, 6.45) is 0. The highest BCUT2D eigenvalue weighted by Gasteiger charge is 2.13. The zero-order chi connectivity index (χ0) is 15.7. The van der Waals surface area contributed by atoms with E-state index in [4.69, 9.17) is 10.5 Å². The molecule has 1 aromatic rings. The Hall–Kier alpha value is -1.48. The van der Waals surface area contributed by atoms with Gasteiger partial charge < -0.3 is 15.8 Å². The number of rotatable bonds is 9. The van der Waals surface area contributed by atoms with Crippen molar-refractivity contribution in [1.29, 1.82) is 0 Å². The number of benzene rings is 1. The molecule has 0 aromatic heterocycles. The molecule has 1 amide bonds. The molecule has 0 unspecified atom stereocenters. The van der Waals surface area contributed by atoms with Gasteiger partial charge in [-0.2, -0.15) is 0 Å². The number of nitrogens with one attached hydrogen (secondary N) is 2. The van der Waals surface area contributed by atoms with Crippen molar-refractivity contribution < 1.29 is 17.9 Å². The molecule has 118 valence electrons. The van der Waals surface area contributed by atoms with Crippen LogP contribution >= 0.6 is 0 Å². The van der Waals surface area contributed by atoms with Crippen molar-refractivity contribution in [1.82, 2.24) is 10.0 Å². The van der Waals surface area contributed by atoms with Crippen molar-refractivity contribution in [3.8, 4) is 0 Å². The predicted molar refractivity (Wildman–Crippen MR) is 79.8 cm³/mol. The molecule has 4 N–H and O–H groups in total. The fourth-order valence-corrected chi connectivity index (χ4v) is 2.66. The van der Waals surface area contributed by atoms with Crippen LogP contribution in [-0.4, -0.2) is 41.1 Å². The third-order valence-corrected chi connectivity index (χ3v) is 3.99. The molecule has 0 heterocycles. The lowest BCUT2D eigenvalue weighted by Gasteiger charge is -2.08. The van der Waals surface area contributed by atoms with Gasteiger partial charge in [-0.25, -0.2) is 13.1 Å². The first-order valence-corrected chi connectivity index (χ1v) is 8.13. The maximum atomic E-state index is 11.8. The van der Waals surface area contributed by atoms with Gasteiger partial charge in [-0.1, -0.05) is 24.3 Å². The lowest BCUT2D eigenvalue weighted by Crippen LogP contribution is -2.38. The number of ether oxygens (including phenoxy) is 1. The molecule has 0 fully saturated rings. The molecule has 21 heavy (non-hydrogen) atoms. The van der Waals surface area contributed by atoms with Gasteiger partial charge in [0.05, 0.1) is 18.9 Å². The van der Waals surface area contributed by atoms with Crippen LogP contribution in [0.3, 0.4) is 0 Å². The summed E-state index contributed by atoms with van der Waals surface area (Å²) in [4.78, 5) is 11.4. The molecule has 7 nitrogen and oxygen atoms in total. The summed E-state index contributed by atoms with van der Waals surface area (Å²) in [7, 11) is -2.03. The van der Waals surface area contributed by atoms with Gasteiger partial charge in [-0.15, -0.1) is 0 Å². The molecule has 0 bridgehead atoms. The van der Waals surface area contributed by atoms with E-state index >= 15 is 0 Å². The zero-order valence-electron chi connectivity index (χ0n) is 12.0. The number of carbonyl (C=O) groups excluding carboxylic acids is 1. The largest absolute Gasteiger partial charge is 0.383 e. The summed E-state index contributed by atoms with van der Waals surface area (Å²) in [5, 5.41) is 2.53. The topological polar surface area (TPSA) is 111 Å². The quantitative estimate of drug-likeness (QED) is 0.523. The van der Waals surface area contributed by atoms with Crippen LogP contribution in [0.2, 0.25) is 0 Å². The van der Waals surface area contributed by atoms with Crippen LogP contribution in [0.4, 0.5) is 0 Å². The van der Waals surface area contributed by atoms with E-state index in [0.29, 0.717) is 25.3 Å². The minimum Gasteiger partial charge on any atom is -0.383 e. The van der Waals surface area contributed by atoms with E-state index in [1.807, 2.05) is 0 Å². The van der Waals surface area contributed by atoms with Crippen molar-refractivity contribution in [2.24, 2.45) is 5.73 Å². The van der Waals surface area contributed by atoms with Crippen LogP contribution < -0.4 is 15.8 Å². The second-order valence-corrected chi connectivity index (χ2v) is 6.25. The SMILES string of the molecule is COCCNC(=O)CNS(=O)(=O)Cc1ccc(CN)cc1. The fraction of sp³-hybridized carbons (Fsp3) is 0.462. The highest BCUT2D eigenvalue weighted by atomic mass is 32.2. The molecule has 8 heteroatoms. The van der Waals surface area contributed by atoms with Crippen molar-refractivity contribution in [3.05, 3.63) is 35.4 Å². The van der Waals surface area contributed by atoms with E-state index in [2.05, 4.69) is 10.0 Å². The van der Waals surface area contributed by atoms with Gasteiger partial charge in [0.1, 0.15) is 0 Å². The molecule has 0 aliphatic carbocycles. The Morgan fingerprint density at radius 1 is 1.24 bits per heavy atom. The van der Waals surface area contributed by atoms with E-state index < -0.39 is 15.9 Å². The van der Waals surface area contributed by atoms with Crippen LogP contribution in [-0.2, 0) is 31.9 Å². The van der Waals surface area contributed by atoms with Gasteiger partial charge >= 0.3 is 0 Å². The first kappa shape index (κ1) is 17.6. The number of amides is 1. The van der Waals surface area contributed by atoms with Crippen LogP contribution in [0.5, 0.6) is 0 Å². The van der Waals surface area contributed by atoms with Gasteiger partial charge in [-0.3, -0.25) is 4.79 Å². The van der Waals surface area contributed by atoms with Crippen LogP contribution in [0, 0.1) is 0 Å². The molecule has 0 atom stereocenters. The molecule has 0 aliphatic rings. The minimum absolute atomic E-state index is 0.177. The second kappa shape index (κ2) is 8.73. The van der Waals surface area contributed by atoms with Gasteiger partial charge in [0.2, 0.25) is 15.9 Å². The van der Waals surface area contributed by atoms with Crippen molar-refractivity contribution in [2.75, 3.05) is 26.8 Å². The third kappa shape index (κ3) is 7.19. The van der Waals surface area contributed by atoms with E-state index in [1.54, 1.807) is 24.3 Å². The predicted octanol–water partition coefficient (Wildman–Crippen LogP) is -0.673. The van der Waals surface area contributed by atoms with Crippen molar-refractivity contribution >= 4 is 15.9 Å². The Morgan fingerprint density at radius 3 is 2.43 bits per heavy atom. The summed E-state index contributed by atoms with van der Waals surface area (Å²) in [6.45, 7) is 0.851. The van der Waals surface area contributed by atoms with Crippen molar-refractivity contribution in [3.63, 3.8) is 0 Å². The standard InChI is InChI=1S/C13H21N3O4S/c1-20-7-6-15-13(17)9-16-21(18,19)10-12-4-2-11(8-14)3-5-12/h2-5,16H,6-10,14H2,1H3,(H,15,17). The Balaban J connectivity index is 2.44. The first-order valence-electron chi connectivity index (χ1n) is 6.47. The molecular formula is C13H21N3O4S. The summed E-state index contributed by atoms with van der Waals surface area (Å²) in [6, 6.07) is 6.98. The molecule has 0 saturated heterocycles. The smallest absolute Gasteiger partial charge is 0.235 e. The molecule has 0 saturated carbocycles. The lowest BCUT2D eigenvalue weighted by molar-refractivity contribution is -0.120. The average molecular weight is 315 g/mol. The molecule has 1 rings (SSSR count). The molecule has 0 aliphatic heterocycles. The maximum Gasteiger partial charge on any atom is 0.235 e. The van der Waals surface area contributed by atoms with E-state index in [9.17, 15) is 13.2 Å². The number of methoxy groups -OCH3 is 1. The summed E-state index contributed by atoms with van der Waals surface area (Å²) in [5.74, 6) is -0.572. The highest BCUT2D eigenvalue weighted by molar-refractivity contribution is 7.88. The Kier molecular flexibility index (Phi) is 7.30. The second-order valence-electron chi connectivity index (χ2n) is 4.44. The zero-order valence-corrected chi connectivity index (χ0v) is 12.8. The number of sulfonamides is 1. The molecular weight excluding hydrogens is 294 g/mol. The Labute approximate surface area is 124 Å². The monoisotopic (exact) mass is 315 g/mol. The summed E-state index contributed by atoms with van der Waals surface area (Å²) in [5.41, 5.74) is 7.04. The number of hydrogen-bond acceptors (Lipinski definition) is 5. The van der Waals surface area contributed by atoms with Crippen molar-refractivity contribution in [2.45, 2.75) is 12.3 Å². The van der Waals surface area contributed by atoms with Crippen LogP contribution in [0.25, 0.3) is 0 Å². The van der Waals surface area contributed by atoms with Crippen LogP contribution in [0.15, 0.2) is 24.3 Å². The van der Waals surface area contributed by atoms with E-state index in [0.717, 1.165) is 5.56 Å². The Bertz CT molecular complexity index is 543. The first-order chi connectivity index (χ1) is 9.96. The number of hydrogen-bond donors (Lipinski definition) is 3. The molecule has 1 aromatic carbocycles. The van der Waals surface area contributed by atoms with E-state index in [1.165, 1.54) is 7.11 Å². The lowest BCUT2D eigenvalue weighted by atomic mass is 10.1. The average Bonchev–Trinajstić information content (AvgIpc) is 2.46. The summed E-state index contributed by atoms with van der Waals surface area (Å²) >= 11 is 0. The highest BCUT2D eigenvalue weighted by Crippen LogP contribution is 2.07. The van der Waals surface area contributed by atoms with E-state index in [-0.39, 0.29) is 12.3 Å². The van der Waals surface area contributed by atoms with Gasteiger partial charge in [0.25, 0.3) is 0 Å².